The Kier molecular flexibility index (Phi) is 4.17. The van der Waals surface area contributed by atoms with Crippen molar-refractivity contribution < 1.29 is 26.3 Å². The van der Waals surface area contributed by atoms with Gasteiger partial charge in [-0.2, -0.15) is 0 Å². The van der Waals surface area contributed by atoms with E-state index in [-0.39, 0.29) is 17.3 Å². The molecule has 20 heavy (non-hydrogen) atoms. The lowest BCUT2D eigenvalue weighted by Crippen LogP contribution is -2.45. The van der Waals surface area contributed by atoms with Crippen LogP contribution in [0, 0.1) is 0 Å². The van der Waals surface area contributed by atoms with E-state index in [1.54, 1.807) is 12.1 Å². The van der Waals surface area contributed by atoms with Crippen LogP contribution in [-0.4, -0.2) is 41.6 Å². The molecule has 1 aliphatic rings. The lowest BCUT2D eigenvalue weighted by molar-refractivity contribution is 0.219. The van der Waals surface area contributed by atoms with Gasteiger partial charge in [-0.3, -0.25) is 0 Å². The van der Waals surface area contributed by atoms with Gasteiger partial charge < -0.3 is 9.47 Å². The van der Waals surface area contributed by atoms with Crippen LogP contribution in [0.25, 0.3) is 0 Å². The summed E-state index contributed by atoms with van der Waals surface area (Å²) in [6, 6.07) is 4.60. The average Bonchev–Trinajstić information content (AvgIpc) is 2.24. The molecular weight excluding hydrogens is 328 g/mol. The zero-order valence-electron chi connectivity index (χ0n) is 10.6. The maximum atomic E-state index is 11.1. The van der Waals surface area contributed by atoms with Crippen LogP contribution < -0.4 is 9.47 Å². The molecule has 0 aromatic heterocycles. The molecule has 0 unspecified atom stereocenters. The third-order valence-electron chi connectivity index (χ3n) is 2.74. The second kappa shape index (κ2) is 5.42. The van der Waals surface area contributed by atoms with Crippen LogP contribution in [0.3, 0.4) is 0 Å². The summed E-state index contributed by atoms with van der Waals surface area (Å²) in [5, 5.41) is 0. The van der Waals surface area contributed by atoms with E-state index in [2.05, 4.69) is 0 Å². The number of hydrogen-bond acceptors (Lipinski definition) is 6. The average molecular weight is 341 g/mol. The minimum atomic E-state index is -3.67. The predicted molar refractivity (Wildman–Crippen MR) is 74.5 cm³/mol. The van der Waals surface area contributed by atoms with Crippen molar-refractivity contribution in [2.24, 2.45) is 0 Å². The maximum absolute atomic E-state index is 11.1. The number of methoxy groups -OCH3 is 1. The summed E-state index contributed by atoms with van der Waals surface area (Å²) in [6.07, 6.45) is -0.434. The molecule has 112 valence electrons. The monoisotopic (exact) mass is 340 g/mol. The highest BCUT2D eigenvalue weighted by molar-refractivity contribution is 8.13. The fourth-order valence-corrected chi connectivity index (χ4v) is 3.99. The Balaban J connectivity index is 2.19. The van der Waals surface area contributed by atoms with E-state index in [4.69, 9.17) is 20.2 Å². The first-order valence-corrected chi connectivity index (χ1v) is 9.95. The van der Waals surface area contributed by atoms with Gasteiger partial charge in [0.25, 0.3) is 0 Å². The molecule has 0 bridgehead atoms. The predicted octanol–water partition coefficient (Wildman–Crippen LogP) is 0.940. The van der Waals surface area contributed by atoms with E-state index in [0.29, 0.717) is 17.1 Å². The first kappa shape index (κ1) is 15.4. The van der Waals surface area contributed by atoms with Crippen LogP contribution >= 0.6 is 10.7 Å². The summed E-state index contributed by atoms with van der Waals surface area (Å²) in [5.74, 6) is 0.288. The quantitative estimate of drug-likeness (QED) is 0.741. The standard InChI is InChI=1S/C11H13ClO6S2/c1-17-10-3-2-8(5-20(12,15)16)4-11(10)18-9-6-19(13,14)7-9/h2-4,9H,5-7H2,1H3. The minimum absolute atomic E-state index is 0.0474. The van der Waals surface area contributed by atoms with E-state index in [1.807, 2.05) is 0 Å². The Morgan fingerprint density at radius 1 is 1.30 bits per heavy atom. The molecule has 1 aromatic carbocycles. The van der Waals surface area contributed by atoms with Crippen molar-refractivity contribution in [2.75, 3.05) is 18.6 Å². The largest absolute Gasteiger partial charge is 0.493 e. The van der Waals surface area contributed by atoms with Gasteiger partial charge in [0.15, 0.2) is 21.3 Å². The van der Waals surface area contributed by atoms with Crippen molar-refractivity contribution in [2.45, 2.75) is 11.9 Å². The highest BCUT2D eigenvalue weighted by Crippen LogP contribution is 2.31. The molecule has 0 radical (unpaired) electrons. The highest BCUT2D eigenvalue weighted by Gasteiger charge is 2.35. The number of benzene rings is 1. The zero-order chi connectivity index (χ0) is 15.0. The summed E-state index contributed by atoms with van der Waals surface area (Å²) in [6.45, 7) is 0. The van der Waals surface area contributed by atoms with Gasteiger partial charge in [0.1, 0.15) is 6.10 Å². The van der Waals surface area contributed by atoms with Gasteiger partial charge in [-0.1, -0.05) is 6.07 Å². The third-order valence-corrected chi connectivity index (χ3v) is 5.51. The van der Waals surface area contributed by atoms with Crippen LogP contribution in [0.5, 0.6) is 11.5 Å². The zero-order valence-corrected chi connectivity index (χ0v) is 13.0. The van der Waals surface area contributed by atoms with Crippen LogP contribution in [0.1, 0.15) is 5.56 Å². The number of halogens is 1. The van der Waals surface area contributed by atoms with Gasteiger partial charge in [-0.05, 0) is 17.7 Å². The molecule has 1 aromatic rings. The molecule has 6 nitrogen and oxygen atoms in total. The van der Waals surface area contributed by atoms with Gasteiger partial charge in [0.05, 0.1) is 24.4 Å². The molecule has 9 heteroatoms. The van der Waals surface area contributed by atoms with E-state index < -0.39 is 25.0 Å². The maximum Gasteiger partial charge on any atom is 0.236 e. The van der Waals surface area contributed by atoms with E-state index in [1.165, 1.54) is 13.2 Å². The van der Waals surface area contributed by atoms with Crippen LogP contribution in [0.4, 0.5) is 0 Å². The molecule has 0 atom stereocenters. The van der Waals surface area contributed by atoms with Gasteiger partial charge in [-0.15, -0.1) is 0 Å². The van der Waals surface area contributed by atoms with E-state index in [9.17, 15) is 16.8 Å². The normalized spacial score (nSPS) is 18.3. The Morgan fingerprint density at radius 2 is 1.95 bits per heavy atom. The van der Waals surface area contributed by atoms with Crippen molar-refractivity contribution in [3.05, 3.63) is 23.8 Å². The number of ether oxygens (including phenoxy) is 2. The second-order valence-electron chi connectivity index (χ2n) is 4.49. The number of hydrogen-bond donors (Lipinski definition) is 0. The van der Waals surface area contributed by atoms with Gasteiger partial charge in [0, 0.05) is 10.7 Å². The van der Waals surface area contributed by atoms with Crippen molar-refractivity contribution in [3.63, 3.8) is 0 Å². The summed E-state index contributed by atoms with van der Waals surface area (Å²) in [7, 11) is -0.0260. The Morgan fingerprint density at radius 3 is 2.45 bits per heavy atom. The molecule has 0 N–H and O–H groups in total. The molecule has 2 rings (SSSR count). The third kappa shape index (κ3) is 4.00. The lowest BCUT2D eigenvalue weighted by atomic mass is 10.2. The fraction of sp³-hybridized carbons (Fsp3) is 0.455. The molecule has 0 spiro atoms. The SMILES string of the molecule is COc1ccc(CS(=O)(=O)Cl)cc1OC1CS(=O)(=O)C1. The fourth-order valence-electron chi connectivity index (χ4n) is 1.87. The first-order chi connectivity index (χ1) is 9.18. The number of rotatable bonds is 5. The second-order valence-corrected chi connectivity index (χ2v) is 9.42. The van der Waals surface area contributed by atoms with E-state index in [0.717, 1.165) is 0 Å². The minimum Gasteiger partial charge on any atom is -0.493 e. The molecular formula is C11H13ClO6S2. The van der Waals surface area contributed by atoms with Gasteiger partial charge in [-0.25, -0.2) is 16.8 Å². The van der Waals surface area contributed by atoms with Crippen LogP contribution in [0.15, 0.2) is 18.2 Å². The van der Waals surface area contributed by atoms with Gasteiger partial charge >= 0.3 is 0 Å². The lowest BCUT2D eigenvalue weighted by Gasteiger charge is -2.27. The van der Waals surface area contributed by atoms with Crippen molar-refractivity contribution in [3.8, 4) is 11.5 Å². The molecule has 1 fully saturated rings. The van der Waals surface area contributed by atoms with E-state index >= 15 is 0 Å². The summed E-state index contributed by atoms with van der Waals surface area (Å²) in [5.41, 5.74) is 0.443. The number of sulfone groups is 1. The highest BCUT2D eigenvalue weighted by atomic mass is 35.7. The first-order valence-electron chi connectivity index (χ1n) is 5.65. The van der Waals surface area contributed by atoms with Gasteiger partial charge in [0.2, 0.25) is 9.05 Å². The molecule has 0 saturated carbocycles. The topological polar surface area (TPSA) is 86.7 Å². The van der Waals surface area contributed by atoms with Crippen molar-refractivity contribution >= 4 is 29.6 Å². The molecule has 1 saturated heterocycles. The smallest absolute Gasteiger partial charge is 0.236 e. The van der Waals surface area contributed by atoms with Crippen LogP contribution in [-0.2, 0) is 24.6 Å². The molecule has 0 amide bonds. The molecule has 1 heterocycles. The Hall–Kier alpha value is -0.990. The molecule has 0 aliphatic carbocycles. The van der Waals surface area contributed by atoms with Crippen molar-refractivity contribution in [1.82, 2.24) is 0 Å². The molecule has 1 aliphatic heterocycles. The Labute approximate surface area is 122 Å². The summed E-state index contributed by atoms with van der Waals surface area (Å²) in [4.78, 5) is 0. The summed E-state index contributed by atoms with van der Waals surface area (Å²) >= 11 is 0. The van der Waals surface area contributed by atoms with Crippen LogP contribution in [0.2, 0.25) is 0 Å². The summed E-state index contributed by atoms with van der Waals surface area (Å²) < 4.78 is 54.9. The Bertz CT molecular complexity index is 698. The van der Waals surface area contributed by atoms with Crippen molar-refractivity contribution in [1.29, 1.82) is 0 Å².